The topological polar surface area (TPSA) is 12.0 Å². The van der Waals surface area contributed by atoms with Crippen molar-refractivity contribution in [3.8, 4) is 0 Å². The van der Waals surface area contributed by atoms with Crippen molar-refractivity contribution in [3.63, 3.8) is 0 Å². The summed E-state index contributed by atoms with van der Waals surface area (Å²) in [7, 11) is 0. The fourth-order valence-electron chi connectivity index (χ4n) is 2.16. The van der Waals surface area contributed by atoms with Gasteiger partial charge in [-0.2, -0.15) is 0 Å². The first-order valence-corrected chi connectivity index (χ1v) is 6.92. The maximum atomic E-state index is 5.97. The Labute approximate surface area is 120 Å². The fraction of sp³-hybridized carbons (Fsp3) is 0.294. The van der Waals surface area contributed by atoms with E-state index < -0.39 is 0 Å². The third-order valence-electron chi connectivity index (χ3n) is 3.15. The summed E-state index contributed by atoms with van der Waals surface area (Å²) in [5, 5.41) is 4.39. The molecule has 1 unspecified atom stereocenters. The van der Waals surface area contributed by atoms with Crippen LogP contribution in [0.25, 0.3) is 0 Å². The monoisotopic (exact) mass is 273 g/mol. The third kappa shape index (κ3) is 3.74. The molecule has 2 heteroatoms. The second-order valence-electron chi connectivity index (χ2n) is 5.86. The number of benzene rings is 2. The average molecular weight is 274 g/mol. The van der Waals surface area contributed by atoms with Gasteiger partial charge in [-0.1, -0.05) is 62.7 Å². The molecule has 100 valence electrons. The lowest BCUT2D eigenvalue weighted by Crippen LogP contribution is -2.25. The van der Waals surface area contributed by atoms with Crippen LogP contribution in [0.15, 0.2) is 54.6 Å². The van der Waals surface area contributed by atoms with Crippen LogP contribution in [0, 0.1) is 5.41 Å². The van der Waals surface area contributed by atoms with Crippen LogP contribution < -0.4 is 5.32 Å². The summed E-state index contributed by atoms with van der Waals surface area (Å²) in [5.41, 5.74) is 2.50. The molecular formula is C17H20ClN. The van der Waals surface area contributed by atoms with Gasteiger partial charge in [0.25, 0.3) is 0 Å². The normalized spacial score (nSPS) is 13.1. The summed E-state index contributed by atoms with van der Waals surface area (Å²) in [5.74, 6) is 0. The highest BCUT2D eigenvalue weighted by Gasteiger charge is 2.26. The molecule has 0 amide bonds. The maximum Gasteiger partial charge on any atom is 0.0562 e. The Morgan fingerprint density at radius 2 is 1.47 bits per heavy atom. The summed E-state index contributed by atoms with van der Waals surface area (Å²) < 4.78 is 0. The van der Waals surface area contributed by atoms with Gasteiger partial charge in [0.05, 0.1) is 6.04 Å². The molecule has 0 fully saturated rings. The van der Waals surface area contributed by atoms with Crippen molar-refractivity contribution in [1.29, 1.82) is 0 Å². The van der Waals surface area contributed by atoms with Gasteiger partial charge in [-0.15, -0.1) is 0 Å². The van der Waals surface area contributed by atoms with Crippen molar-refractivity contribution >= 4 is 17.3 Å². The Hall–Kier alpha value is -1.47. The van der Waals surface area contributed by atoms with Crippen LogP contribution in [0.3, 0.4) is 0 Å². The quantitative estimate of drug-likeness (QED) is 0.774. The van der Waals surface area contributed by atoms with E-state index in [0.29, 0.717) is 0 Å². The summed E-state index contributed by atoms with van der Waals surface area (Å²) >= 11 is 5.97. The molecule has 0 radical (unpaired) electrons. The second kappa shape index (κ2) is 5.66. The van der Waals surface area contributed by atoms with Crippen LogP contribution in [0.4, 0.5) is 5.69 Å². The molecule has 0 spiro atoms. The van der Waals surface area contributed by atoms with Gasteiger partial charge in [-0.05, 0) is 35.2 Å². The van der Waals surface area contributed by atoms with Crippen LogP contribution in [-0.2, 0) is 0 Å². The van der Waals surface area contributed by atoms with Crippen molar-refractivity contribution in [1.82, 2.24) is 0 Å². The van der Waals surface area contributed by atoms with Gasteiger partial charge >= 0.3 is 0 Å². The lowest BCUT2D eigenvalue weighted by Gasteiger charge is -2.33. The zero-order valence-electron chi connectivity index (χ0n) is 11.7. The number of hydrogen-bond donors (Lipinski definition) is 1. The number of hydrogen-bond acceptors (Lipinski definition) is 1. The van der Waals surface area contributed by atoms with E-state index in [1.54, 1.807) is 0 Å². The second-order valence-corrected chi connectivity index (χ2v) is 6.30. The molecule has 19 heavy (non-hydrogen) atoms. The zero-order chi connectivity index (χ0) is 13.9. The smallest absolute Gasteiger partial charge is 0.0562 e. The van der Waals surface area contributed by atoms with Crippen LogP contribution in [0.5, 0.6) is 0 Å². The van der Waals surface area contributed by atoms with Gasteiger partial charge in [0.15, 0.2) is 0 Å². The molecule has 0 saturated carbocycles. The van der Waals surface area contributed by atoms with E-state index in [1.165, 1.54) is 5.56 Å². The summed E-state index contributed by atoms with van der Waals surface area (Å²) in [6.07, 6.45) is 0. The van der Waals surface area contributed by atoms with Crippen molar-refractivity contribution in [3.05, 3.63) is 65.2 Å². The van der Waals surface area contributed by atoms with Gasteiger partial charge in [0, 0.05) is 10.7 Å². The van der Waals surface area contributed by atoms with Crippen LogP contribution in [-0.4, -0.2) is 0 Å². The molecule has 0 aromatic heterocycles. The van der Waals surface area contributed by atoms with Gasteiger partial charge in [0.2, 0.25) is 0 Å². The van der Waals surface area contributed by atoms with E-state index in [4.69, 9.17) is 11.6 Å². The van der Waals surface area contributed by atoms with Gasteiger partial charge in [0.1, 0.15) is 0 Å². The molecule has 0 heterocycles. The SMILES string of the molecule is CC(C)(C)C(Nc1ccccc1)c1ccc(Cl)cc1. The molecule has 0 saturated heterocycles. The number of nitrogens with one attached hydrogen (secondary N) is 1. The van der Waals surface area contributed by atoms with E-state index >= 15 is 0 Å². The van der Waals surface area contributed by atoms with E-state index in [9.17, 15) is 0 Å². The molecule has 0 aliphatic rings. The van der Waals surface area contributed by atoms with E-state index in [-0.39, 0.29) is 11.5 Å². The minimum Gasteiger partial charge on any atom is -0.378 e. The number of halogens is 1. The fourth-order valence-corrected chi connectivity index (χ4v) is 2.28. The van der Waals surface area contributed by atoms with Crippen molar-refractivity contribution in [2.75, 3.05) is 5.32 Å². The molecule has 0 aliphatic heterocycles. The Balaban J connectivity index is 2.29. The average Bonchev–Trinajstić information content (AvgIpc) is 2.37. The lowest BCUT2D eigenvalue weighted by atomic mass is 9.82. The lowest BCUT2D eigenvalue weighted by molar-refractivity contribution is 0.347. The van der Waals surface area contributed by atoms with Crippen LogP contribution in [0.1, 0.15) is 32.4 Å². The van der Waals surface area contributed by atoms with Crippen molar-refractivity contribution < 1.29 is 0 Å². The molecule has 2 rings (SSSR count). The molecule has 0 aliphatic carbocycles. The van der Waals surface area contributed by atoms with Gasteiger partial charge < -0.3 is 5.32 Å². The Kier molecular flexibility index (Phi) is 4.16. The minimum atomic E-state index is 0.115. The number of rotatable bonds is 3. The Bertz CT molecular complexity index is 511. The minimum absolute atomic E-state index is 0.115. The Morgan fingerprint density at radius 3 is 2.00 bits per heavy atom. The van der Waals surface area contributed by atoms with Gasteiger partial charge in [-0.3, -0.25) is 0 Å². The molecular weight excluding hydrogens is 254 g/mol. The highest BCUT2D eigenvalue weighted by Crippen LogP contribution is 2.36. The van der Waals surface area contributed by atoms with E-state index in [0.717, 1.165) is 10.7 Å². The van der Waals surface area contributed by atoms with Crippen molar-refractivity contribution in [2.24, 2.45) is 5.41 Å². The molecule has 1 N–H and O–H groups in total. The third-order valence-corrected chi connectivity index (χ3v) is 3.41. The zero-order valence-corrected chi connectivity index (χ0v) is 12.4. The maximum absolute atomic E-state index is 5.97. The summed E-state index contributed by atoms with van der Waals surface area (Å²) in [6, 6.07) is 18.6. The highest BCUT2D eigenvalue weighted by molar-refractivity contribution is 6.30. The molecule has 2 aromatic rings. The molecule has 0 bridgehead atoms. The first-order valence-electron chi connectivity index (χ1n) is 6.54. The summed E-state index contributed by atoms with van der Waals surface area (Å²) in [6.45, 7) is 6.71. The van der Waals surface area contributed by atoms with E-state index in [1.807, 2.05) is 30.3 Å². The molecule has 2 aromatic carbocycles. The van der Waals surface area contributed by atoms with Crippen molar-refractivity contribution in [2.45, 2.75) is 26.8 Å². The Morgan fingerprint density at radius 1 is 0.895 bits per heavy atom. The summed E-state index contributed by atoms with van der Waals surface area (Å²) in [4.78, 5) is 0. The molecule has 1 atom stereocenters. The van der Waals surface area contributed by atoms with Gasteiger partial charge in [-0.25, -0.2) is 0 Å². The number of anilines is 1. The largest absolute Gasteiger partial charge is 0.378 e. The number of para-hydroxylation sites is 1. The molecule has 1 nitrogen and oxygen atoms in total. The first kappa shape index (κ1) is 14.0. The predicted molar refractivity (Wildman–Crippen MR) is 83.7 cm³/mol. The predicted octanol–water partition coefficient (Wildman–Crippen LogP) is 5.54. The van der Waals surface area contributed by atoms with Crippen LogP contribution >= 0.6 is 11.6 Å². The van der Waals surface area contributed by atoms with E-state index in [2.05, 4.69) is 50.4 Å². The standard InChI is InChI=1S/C17H20ClN/c1-17(2,3)16(13-9-11-14(18)12-10-13)19-15-7-5-4-6-8-15/h4-12,16,19H,1-3H3. The first-order chi connectivity index (χ1) is 8.97. The highest BCUT2D eigenvalue weighted by atomic mass is 35.5. The van der Waals surface area contributed by atoms with Crippen LogP contribution in [0.2, 0.25) is 5.02 Å².